The van der Waals surface area contributed by atoms with Crippen LogP contribution in [-0.2, 0) is 9.53 Å². The van der Waals surface area contributed by atoms with Crippen LogP contribution in [0, 0.1) is 5.92 Å². The van der Waals surface area contributed by atoms with Crippen molar-refractivity contribution in [3.8, 4) is 11.1 Å². The van der Waals surface area contributed by atoms with E-state index >= 15 is 0 Å². The molecule has 3 N–H and O–H groups in total. The number of carboxylic acids is 1. The number of aliphatic carboxylic acids is 1. The topological polar surface area (TPSA) is 87.7 Å². The smallest absolute Gasteiger partial charge is 0.407 e. The Morgan fingerprint density at radius 1 is 1.07 bits per heavy atom. The third kappa shape index (κ3) is 3.73. The van der Waals surface area contributed by atoms with Crippen LogP contribution in [0.2, 0.25) is 0 Å². The van der Waals surface area contributed by atoms with Crippen molar-refractivity contribution < 1.29 is 19.4 Å². The Labute approximate surface area is 163 Å². The monoisotopic (exact) mass is 380 g/mol. The second kappa shape index (κ2) is 8.02. The number of hydrogen-bond acceptors (Lipinski definition) is 4. The molecule has 0 saturated carbocycles. The highest BCUT2D eigenvalue weighted by Crippen LogP contribution is 2.44. The van der Waals surface area contributed by atoms with Crippen LogP contribution >= 0.6 is 0 Å². The number of alkyl carbamates (subject to hydrolysis) is 1. The quantitative estimate of drug-likeness (QED) is 0.717. The second-order valence-corrected chi connectivity index (χ2v) is 7.44. The van der Waals surface area contributed by atoms with Gasteiger partial charge in [-0.25, -0.2) is 4.79 Å². The molecule has 1 amide bonds. The summed E-state index contributed by atoms with van der Waals surface area (Å²) >= 11 is 0. The zero-order valence-corrected chi connectivity index (χ0v) is 15.6. The molecule has 6 nitrogen and oxygen atoms in total. The predicted octanol–water partition coefficient (Wildman–Crippen LogP) is 2.98. The van der Waals surface area contributed by atoms with Gasteiger partial charge in [0.05, 0.1) is 0 Å². The van der Waals surface area contributed by atoms with Gasteiger partial charge < -0.3 is 20.5 Å². The molecule has 4 rings (SSSR count). The van der Waals surface area contributed by atoms with Crippen LogP contribution < -0.4 is 10.6 Å². The lowest BCUT2D eigenvalue weighted by Gasteiger charge is -2.15. The molecule has 0 aromatic heterocycles. The lowest BCUT2D eigenvalue weighted by Crippen LogP contribution is -2.30. The minimum atomic E-state index is -0.813. The Bertz CT molecular complexity index is 837. The zero-order chi connectivity index (χ0) is 19.5. The average molecular weight is 380 g/mol. The molecule has 1 heterocycles. The molecule has 146 valence electrons. The average Bonchev–Trinajstić information content (AvgIpc) is 3.30. The molecule has 1 aliphatic carbocycles. The molecule has 1 aliphatic heterocycles. The highest BCUT2D eigenvalue weighted by molar-refractivity contribution is 5.79. The van der Waals surface area contributed by atoms with Crippen molar-refractivity contribution in [3.05, 3.63) is 59.7 Å². The Morgan fingerprint density at radius 3 is 2.32 bits per heavy atom. The molecule has 6 heteroatoms. The van der Waals surface area contributed by atoms with E-state index < -0.39 is 18.1 Å². The molecule has 1 fully saturated rings. The Morgan fingerprint density at radius 2 is 1.71 bits per heavy atom. The van der Waals surface area contributed by atoms with E-state index in [9.17, 15) is 9.59 Å². The zero-order valence-electron chi connectivity index (χ0n) is 15.6. The number of hydrogen-bond donors (Lipinski definition) is 3. The van der Waals surface area contributed by atoms with Gasteiger partial charge in [0.2, 0.25) is 0 Å². The number of carbonyl (C=O) groups excluding carboxylic acids is 1. The number of amides is 1. The number of carboxylic acid groups (broad SMARTS) is 1. The summed E-state index contributed by atoms with van der Waals surface area (Å²) in [7, 11) is 0. The van der Waals surface area contributed by atoms with Gasteiger partial charge in [0.25, 0.3) is 0 Å². The van der Waals surface area contributed by atoms with Gasteiger partial charge in [-0.15, -0.1) is 0 Å². The minimum Gasteiger partial charge on any atom is -0.480 e. The molecular formula is C22H24N2O4. The molecular weight excluding hydrogens is 356 g/mol. The molecule has 2 aromatic carbocycles. The van der Waals surface area contributed by atoms with Gasteiger partial charge in [0.1, 0.15) is 12.6 Å². The van der Waals surface area contributed by atoms with Crippen molar-refractivity contribution in [1.29, 1.82) is 0 Å². The lowest BCUT2D eigenvalue weighted by molar-refractivity contribution is -0.139. The molecule has 0 spiro atoms. The highest BCUT2D eigenvalue weighted by atomic mass is 16.5. The summed E-state index contributed by atoms with van der Waals surface area (Å²) in [5.74, 6) is -0.504. The van der Waals surface area contributed by atoms with E-state index in [1.54, 1.807) is 0 Å². The number of fused-ring (bicyclic) bond motifs is 3. The van der Waals surface area contributed by atoms with Crippen LogP contribution in [0.15, 0.2) is 48.5 Å². The van der Waals surface area contributed by atoms with E-state index in [4.69, 9.17) is 9.84 Å². The summed E-state index contributed by atoms with van der Waals surface area (Å²) in [6.07, 6.45) is 0.908. The minimum absolute atomic E-state index is 0.0495. The van der Waals surface area contributed by atoms with E-state index in [1.807, 2.05) is 24.3 Å². The Balaban J connectivity index is 1.28. The number of rotatable bonds is 6. The number of ether oxygens (including phenoxy) is 1. The van der Waals surface area contributed by atoms with Gasteiger partial charge in [-0.2, -0.15) is 0 Å². The Hall–Kier alpha value is -2.86. The van der Waals surface area contributed by atoms with Gasteiger partial charge in [0.15, 0.2) is 0 Å². The first-order valence-electron chi connectivity index (χ1n) is 9.68. The normalized spacial score (nSPS) is 20.4. The molecule has 2 aliphatic rings. The second-order valence-electron chi connectivity index (χ2n) is 7.44. The molecule has 2 aromatic rings. The fourth-order valence-corrected chi connectivity index (χ4v) is 4.24. The maximum Gasteiger partial charge on any atom is 0.407 e. The first-order chi connectivity index (χ1) is 13.6. The van der Waals surface area contributed by atoms with Crippen molar-refractivity contribution in [3.63, 3.8) is 0 Å². The van der Waals surface area contributed by atoms with Crippen LogP contribution in [0.3, 0.4) is 0 Å². The van der Waals surface area contributed by atoms with Gasteiger partial charge in [0, 0.05) is 12.5 Å². The SMILES string of the molecule is O=C(NCCC1CNC(C(=O)O)C1)OCC1c2ccccc2-c2ccccc21. The van der Waals surface area contributed by atoms with E-state index in [0.717, 1.165) is 6.42 Å². The predicted molar refractivity (Wildman–Crippen MR) is 105 cm³/mol. The first-order valence-corrected chi connectivity index (χ1v) is 9.68. The summed E-state index contributed by atoms with van der Waals surface area (Å²) in [6, 6.07) is 16.0. The van der Waals surface area contributed by atoms with Crippen molar-refractivity contribution in [2.75, 3.05) is 19.7 Å². The molecule has 0 bridgehead atoms. The lowest BCUT2D eigenvalue weighted by atomic mass is 9.98. The summed E-state index contributed by atoms with van der Waals surface area (Å²) in [5.41, 5.74) is 4.78. The third-order valence-corrected chi connectivity index (χ3v) is 5.69. The number of carbonyl (C=O) groups is 2. The van der Waals surface area contributed by atoms with Crippen LogP contribution in [0.4, 0.5) is 4.79 Å². The summed E-state index contributed by atoms with van der Waals surface area (Å²) in [4.78, 5) is 23.1. The standard InChI is InChI=1S/C22H24N2O4/c25-21(26)20-11-14(12-24-20)9-10-23-22(27)28-13-19-17-7-3-1-5-15(17)16-6-2-4-8-18(16)19/h1-8,14,19-20,24H,9-13H2,(H,23,27)(H,25,26). The van der Waals surface area contributed by atoms with Gasteiger partial charge in [-0.05, 0) is 47.6 Å². The fraction of sp³-hybridized carbons (Fsp3) is 0.364. The van der Waals surface area contributed by atoms with E-state index in [0.29, 0.717) is 26.1 Å². The van der Waals surface area contributed by atoms with Crippen LogP contribution in [0.1, 0.15) is 29.9 Å². The maximum atomic E-state index is 12.1. The molecule has 2 unspecified atom stereocenters. The van der Waals surface area contributed by atoms with Gasteiger partial charge >= 0.3 is 12.1 Å². The van der Waals surface area contributed by atoms with E-state index in [-0.39, 0.29) is 11.8 Å². The first kappa shape index (κ1) is 18.5. The van der Waals surface area contributed by atoms with Crippen LogP contribution in [-0.4, -0.2) is 42.9 Å². The summed E-state index contributed by atoms with van der Waals surface area (Å²) in [6.45, 7) is 1.45. The molecule has 28 heavy (non-hydrogen) atoms. The third-order valence-electron chi connectivity index (χ3n) is 5.69. The number of nitrogens with one attached hydrogen (secondary N) is 2. The largest absolute Gasteiger partial charge is 0.480 e. The fourth-order valence-electron chi connectivity index (χ4n) is 4.24. The van der Waals surface area contributed by atoms with Crippen molar-refractivity contribution in [2.24, 2.45) is 5.92 Å². The molecule has 1 saturated heterocycles. The Kier molecular flexibility index (Phi) is 5.30. The van der Waals surface area contributed by atoms with Gasteiger partial charge in [-0.1, -0.05) is 48.5 Å². The van der Waals surface area contributed by atoms with Crippen LogP contribution in [0.25, 0.3) is 11.1 Å². The highest BCUT2D eigenvalue weighted by Gasteiger charge is 2.30. The van der Waals surface area contributed by atoms with Gasteiger partial charge in [-0.3, -0.25) is 4.79 Å². The van der Waals surface area contributed by atoms with Crippen LogP contribution in [0.5, 0.6) is 0 Å². The molecule has 2 atom stereocenters. The summed E-state index contributed by atoms with van der Waals surface area (Å²) < 4.78 is 5.50. The van der Waals surface area contributed by atoms with Crippen molar-refractivity contribution in [2.45, 2.75) is 24.8 Å². The molecule has 0 radical (unpaired) electrons. The van der Waals surface area contributed by atoms with Crippen molar-refractivity contribution in [1.82, 2.24) is 10.6 Å². The number of benzene rings is 2. The van der Waals surface area contributed by atoms with Crippen molar-refractivity contribution >= 4 is 12.1 Å². The van der Waals surface area contributed by atoms with E-state index in [1.165, 1.54) is 22.3 Å². The summed E-state index contributed by atoms with van der Waals surface area (Å²) in [5, 5.41) is 14.8. The maximum absolute atomic E-state index is 12.1. The van der Waals surface area contributed by atoms with E-state index in [2.05, 4.69) is 34.9 Å².